The Hall–Kier alpha value is -2.61. The Bertz CT molecular complexity index is 1470. The first kappa shape index (κ1) is 22.2. The van der Waals surface area contributed by atoms with Crippen LogP contribution < -0.4 is 0 Å². The Kier molecular flexibility index (Phi) is 5.80. The zero-order valence-electron chi connectivity index (χ0n) is 18.7. The molecule has 0 bridgehead atoms. The van der Waals surface area contributed by atoms with E-state index in [9.17, 15) is 4.39 Å². The summed E-state index contributed by atoms with van der Waals surface area (Å²) in [7, 11) is 2.06. The number of thioether (sulfide) groups is 1. The first-order valence-electron chi connectivity index (χ1n) is 10.5. The minimum Gasteiger partial charge on any atom is -0.340 e. The molecule has 4 nitrogen and oxygen atoms in total. The average Bonchev–Trinajstić information content (AvgIpc) is 3.44. The summed E-state index contributed by atoms with van der Waals surface area (Å²) in [6.07, 6.45) is 0. The molecule has 0 aliphatic rings. The third-order valence-corrected chi connectivity index (χ3v) is 7.94. The molecule has 0 N–H and O–H groups in total. The molecule has 0 radical (unpaired) electrons. The van der Waals surface area contributed by atoms with E-state index in [1.807, 2.05) is 0 Å². The van der Waals surface area contributed by atoms with Crippen LogP contribution in [0.5, 0.6) is 0 Å². The second-order valence-electron chi connectivity index (χ2n) is 8.17. The highest BCUT2D eigenvalue weighted by Gasteiger charge is 2.22. The lowest BCUT2D eigenvalue weighted by Gasteiger charge is -2.17. The number of benzene rings is 2. The second kappa shape index (κ2) is 8.63. The van der Waals surface area contributed by atoms with Crippen molar-refractivity contribution in [1.82, 2.24) is 19.3 Å². The molecule has 0 aliphatic carbocycles. The summed E-state index contributed by atoms with van der Waals surface area (Å²) in [6, 6.07) is 13.2. The number of aromatic nitrogens is 4. The van der Waals surface area contributed by atoms with Crippen molar-refractivity contribution in [1.29, 1.82) is 0 Å². The summed E-state index contributed by atoms with van der Waals surface area (Å²) < 4.78 is 19.0. The van der Waals surface area contributed by atoms with E-state index < -0.39 is 0 Å². The normalized spacial score (nSPS) is 11.6. The standard InChI is InChI=1S/C25H22ClFN4S2/c1-14-9-15(2)23(16(3)10-14)31-24(21-12-22-20(30(21)4)7-8-32-22)28-29-25(31)33-13-17-5-6-18(27)11-19(17)26/h5-12H,13H2,1-4H3. The van der Waals surface area contributed by atoms with Gasteiger partial charge in [0, 0.05) is 17.8 Å². The number of rotatable bonds is 5. The molecular weight excluding hydrogens is 475 g/mol. The van der Waals surface area contributed by atoms with E-state index in [-0.39, 0.29) is 5.82 Å². The van der Waals surface area contributed by atoms with Crippen LogP contribution in [0.4, 0.5) is 4.39 Å². The Morgan fingerprint density at radius 3 is 2.48 bits per heavy atom. The van der Waals surface area contributed by atoms with Gasteiger partial charge < -0.3 is 4.57 Å². The molecule has 0 unspecified atom stereocenters. The van der Waals surface area contributed by atoms with Gasteiger partial charge in [-0.05, 0) is 67.1 Å². The van der Waals surface area contributed by atoms with Crippen LogP contribution in [0, 0.1) is 26.6 Å². The summed E-state index contributed by atoms with van der Waals surface area (Å²) in [4.78, 5) is 0. The largest absolute Gasteiger partial charge is 0.340 e. The Balaban J connectivity index is 1.65. The fourth-order valence-corrected chi connectivity index (χ4v) is 6.41. The van der Waals surface area contributed by atoms with Crippen molar-refractivity contribution in [3.63, 3.8) is 0 Å². The fourth-order valence-electron chi connectivity index (χ4n) is 4.30. The fraction of sp³-hybridized carbons (Fsp3) is 0.200. The molecule has 2 aromatic carbocycles. The Morgan fingerprint density at radius 1 is 1.03 bits per heavy atom. The van der Waals surface area contributed by atoms with E-state index >= 15 is 0 Å². The molecule has 3 heterocycles. The predicted molar refractivity (Wildman–Crippen MR) is 136 cm³/mol. The number of nitrogens with zero attached hydrogens (tertiary/aromatic N) is 4. The zero-order chi connectivity index (χ0) is 23.3. The lowest BCUT2D eigenvalue weighted by Crippen LogP contribution is -2.06. The van der Waals surface area contributed by atoms with Gasteiger partial charge in [0.15, 0.2) is 11.0 Å². The minimum absolute atomic E-state index is 0.339. The van der Waals surface area contributed by atoms with Crippen LogP contribution in [-0.2, 0) is 12.8 Å². The van der Waals surface area contributed by atoms with Crippen molar-refractivity contribution in [3.8, 4) is 17.2 Å². The van der Waals surface area contributed by atoms with Gasteiger partial charge in [0.2, 0.25) is 0 Å². The van der Waals surface area contributed by atoms with Crippen molar-refractivity contribution in [3.05, 3.63) is 80.9 Å². The van der Waals surface area contributed by atoms with E-state index in [2.05, 4.69) is 76.8 Å². The van der Waals surface area contributed by atoms with Gasteiger partial charge in [0.1, 0.15) is 5.82 Å². The van der Waals surface area contributed by atoms with Gasteiger partial charge in [-0.15, -0.1) is 21.5 Å². The minimum atomic E-state index is -0.339. The van der Waals surface area contributed by atoms with E-state index in [0.29, 0.717) is 10.8 Å². The maximum atomic E-state index is 13.5. The third-order valence-electron chi connectivity index (χ3n) is 5.76. The van der Waals surface area contributed by atoms with E-state index in [0.717, 1.165) is 39.1 Å². The molecule has 8 heteroatoms. The van der Waals surface area contributed by atoms with Crippen LogP contribution in [-0.4, -0.2) is 19.3 Å². The first-order valence-corrected chi connectivity index (χ1v) is 12.7. The Morgan fingerprint density at radius 2 is 1.79 bits per heavy atom. The van der Waals surface area contributed by atoms with Crippen molar-refractivity contribution >= 4 is 44.9 Å². The molecule has 5 rings (SSSR count). The van der Waals surface area contributed by atoms with Crippen LogP contribution in [0.15, 0.2) is 53.0 Å². The van der Waals surface area contributed by atoms with Crippen LogP contribution in [0.25, 0.3) is 27.4 Å². The highest BCUT2D eigenvalue weighted by molar-refractivity contribution is 7.98. The second-order valence-corrected chi connectivity index (χ2v) is 10.5. The molecule has 33 heavy (non-hydrogen) atoms. The summed E-state index contributed by atoms with van der Waals surface area (Å²) in [5.41, 5.74) is 7.66. The Labute approximate surface area is 205 Å². The summed E-state index contributed by atoms with van der Waals surface area (Å²) in [5, 5.41) is 12.5. The molecular formula is C25H22ClFN4S2. The van der Waals surface area contributed by atoms with Crippen molar-refractivity contribution < 1.29 is 4.39 Å². The molecule has 5 aromatic rings. The van der Waals surface area contributed by atoms with Gasteiger partial charge in [-0.3, -0.25) is 4.57 Å². The lowest BCUT2D eigenvalue weighted by atomic mass is 10.0. The van der Waals surface area contributed by atoms with Gasteiger partial charge in [0.05, 0.1) is 21.6 Å². The van der Waals surface area contributed by atoms with E-state index in [1.165, 1.54) is 27.9 Å². The molecule has 0 spiro atoms. The molecule has 0 atom stereocenters. The lowest BCUT2D eigenvalue weighted by molar-refractivity contribution is 0.627. The number of thiophene rings is 1. The SMILES string of the molecule is Cc1cc(C)c(-n2c(SCc3ccc(F)cc3Cl)nnc2-c2cc3sccc3n2C)c(C)c1. The molecule has 0 saturated heterocycles. The van der Waals surface area contributed by atoms with E-state index in [1.54, 1.807) is 29.2 Å². The predicted octanol–water partition coefficient (Wildman–Crippen LogP) is 7.50. The summed E-state index contributed by atoms with van der Waals surface area (Å²) in [6.45, 7) is 6.34. The van der Waals surface area contributed by atoms with Gasteiger partial charge >= 0.3 is 0 Å². The number of hydrogen-bond donors (Lipinski definition) is 0. The van der Waals surface area contributed by atoms with Crippen LogP contribution in [0.1, 0.15) is 22.3 Å². The highest BCUT2D eigenvalue weighted by atomic mass is 35.5. The molecule has 0 aliphatic heterocycles. The zero-order valence-corrected chi connectivity index (χ0v) is 21.1. The van der Waals surface area contributed by atoms with Gasteiger partial charge in [0.25, 0.3) is 0 Å². The third kappa shape index (κ3) is 3.98. The number of halogens is 2. The number of hydrogen-bond acceptors (Lipinski definition) is 4. The highest BCUT2D eigenvalue weighted by Crippen LogP contribution is 2.36. The van der Waals surface area contributed by atoms with Crippen LogP contribution in [0.3, 0.4) is 0 Å². The molecule has 3 aromatic heterocycles. The smallest absolute Gasteiger partial charge is 0.196 e. The molecule has 168 valence electrons. The van der Waals surface area contributed by atoms with Gasteiger partial charge in [-0.2, -0.15) is 0 Å². The topological polar surface area (TPSA) is 35.6 Å². The number of aryl methyl sites for hydroxylation is 4. The summed E-state index contributed by atoms with van der Waals surface area (Å²) in [5.74, 6) is 1.01. The first-order chi connectivity index (χ1) is 15.8. The molecule has 0 saturated carbocycles. The van der Waals surface area contributed by atoms with Crippen LogP contribution in [0.2, 0.25) is 5.02 Å². The van der Waals surface area contributed by atoms with Gasteiger partial charge in [-0.1, -0.05) is 47.1 Å². The quantitative estimate of drug-likeness (QED) is 0.236. The van der Waals surface area contributed by atoms with E-state index in [4.69, 9.17) is 11.6 Å². The summed E-state index contributed by atoms with van der Waals surface area (Å²) >= 11 is 9.53. The maximum Gasteiger partial charge on any atom is 0.196 e. The van der Waals surface area contributed by atoms with Crippen molar-refractivity contribution in [2.75, 3.05) is 0 Å². The maximum absolute atomic E-state index is 13.5. The van der Waals surface area contributed by atoms with Crippen molar-refractivity contribution in [2.45, 2.75) is 31.7 Å². The average molecular weight is 497 g/mol. The van der Waals surface area contributed by atoms with Crippen LogP contribution >= 0.6 is 34.7 Å². The monoisotopic (exact) mass is 496 g/mol. The molecule has 0 fully saturated rings. The number of fused-ring (bicyclic) bond motifs is 1. The van der Waals surface area contributed by atoms with Crippen molar-refractivity contribution in [2.24, 2.45) is 7.05 Å². The van der Waals surface area contributed by atoms with Gasteiger partial charge in [-0.25, -0.2) is 4.39 Å². The molecule has 0 amide bonds.